The second kappa shape index (κ2) is 7.35. The number of benzene rings is 2. The number of aryl methyl sites for hydroxylation is 2. The standard InChI is InChI=1S/C21H20FN3O/c1-14-4-5-15(2)25(14)20-12-8-18(9-13-20)21(26)24-23-16(3)17-6-10-19(22)11-7-17/h4-13H,1-3H3,(H,24,26)/b23-16+. The molecule has 0 bridgehead atoms. The fraction of sp³-hybridized carbons (Fsp3) is 0.143. The molecule has 0 unspecified atom stereocenters. The van der Waals surface area contributed by atoms with E-state index in [-0.39, 0.29) is 11.7 Å². The molecule has 0 aliphatic heterocycles. The number of aromatic nitrogens is 1. The lowest BCUT2D eigenvalue weighted by Crippen LogP contribution is -2.19. The van der Waals surface area contributed by atoms with E-state index in [1.807, 2.05) is 26.0 Å². The van der Waals surface area contributed by atoms with Gasteiger partial charge in [0.2, 0.25) is 0 Å². The maximum atomic E-state index is 13.0. The van der Waals surface area contributed by atoms with Crippen molar-refractivity contribution in [2.75, 3.05) is 0 Å². The highest BCUT2D eigenvalue weighted by Crippen LogP contribution is 2.17. The molecule has 0 aliphatic carbocycles. The zero-order chi connectivity index (χ0) is 18.7. The highest BCUT2D eigenvalue weighted by Gasteiger charge is 2.08. The Morgan fingerprint density at radius 1 is 0.885 bits per heavy atom. The quantitative estimate of drug-likeness (QED) is 0.551. The van der Waals surface area contributed by atoms with Gasteiger partial charge in [0.15, 0.2) is 0 Å². The fourth-order valence-corrected chi connectivity index (χ4v) is 2.79. The number of carbonyl (C=O) groups excluding carboxylic acids is 1. The molecular formula is C21H20FN3O. The molecule has 132 valence electrons. The van der Waals surface area contributed by atoms with Gasteiger partial charge in [0.05, 0.1) is 5.71 Å². The van der Waals surface area contributed by atoms with E-state index in [1.165, 1.54) is 12.1 Å². The van der Waals surface area contributed by atoms with Gasteiger partial charge in [-0.3, -0.25) is 4.79 Å². The maximum Gasteiger partial charge on any atom is 0.271 e. The second-order valence-corrected chi connectivity index (χ2v) is 6.14. The molecule has 0 radical (unpaired) electrons. The first kappa shape index (κ1) is 17.6. The first-order chi connectivity index (χ1) is 12.5. The Bertz CT molecular complexity index is 934. The smallest absolute Gasteiger partial charge is 0.271 e. The van der Waals surface area contributed by atoms with Gasteiger partial charge in [0.25, 0.3) is 5.91 Å². The van der Waals surface area contributed by atoms with E-state index < -0.39 is 0 Å². The van der Waals surface area contributed by atoms with Crippen LogP contribution in [0.1, 0.15) is 34.2 Å². The number of hydrogen-bond donors (Lipinski definition) is 1. The Labute approximate surface area is 152 Å². The highest BCUT2D eigenvalue weighted by molar-refractivity contribution is 6.00. The Morgan fingerprint density at radius 3 is 2.00 bits per heavy atom. The van der Waals surface area contributed by atoms with Crippen molar-refractivity contribution in [1.82, 2.24) is 9.99 Å². The second-order valence-electron chi connectivity index (χ2n) is 6.14. The molecular weight excluding hydrogens is 329 g/mol. The average Bonchev–Trinajstić information content (AvgIpc) is 2.98. The molecule has 1 aromatic heterocycles. The van der Waals surface area contributed by atoms with E-state index in [0.29, 0.717) is 11.3 Å². The summed E-state index contributed by atoms with van der Waals surface area (Å²) in [5, 5.41) is 4.09. The summed E-state index contributed by atoms with van der Waals surface area (Å²) in [5.41, 5.74) is 7.70. The maximum absolute atomic E-state index is 13.0. The summed E-state index contributed by atoms with van der Waals surface area (Å²) in [6.45, 7) is 5.84. The van der Waals surface area contributed by atoms with Crippen LogP contribution in [0.3, 0.4) is 0 Å². The molecule has 1 amide bonds. The van der Waals surface area contributed by atoms with E-state index in [9.17, 15) is 9.18 Å². The van der Waals surface area contributed by atoms with Gasteiger partial charge in [0.1, 0.15) is 5.82 Å². The largest absolute Gasteiger partial charge is 0.319 e. The van der Waals surface area contributed by atoms with E-state index >= 15 is 0 Å². The van der Waals surface area contributed by atoms with Gasteiger partial charge in [0, 0.05) is 22.6 Å². The Kier molecular flexibility index (Phi) is 4.98. The fourth-order valence-electron chi connectivity index (χ4n) is 2.79. The molecule has 0 saturated heterocycles. The van der Waals surface area contributed by atoms with Gasteiger partial charge in [-0.15, -0.1) is 0 Å². The van der Waals surface area contributed by atoms with E-state index in [4.69, 9.17) is 0 Å². The molecule has 0 spiro atoms. The molecule has 0 aliphatic rings. The highest BCUT2D eigenvalue weighted by atomic mass is 19.1. The molecule has 3 aromatic rings. The molecule has 26 heavy (non-hydrogen) atoms. The number of halogens is 1. The summed E-state index contributed by atoms with van der Waals surface area (Å²) < 4.78 is 15.1. The zero-order valence-corrected chi connectivity index (χ0v) is 15.0. The van der Waals surface area contributed by atoms with Crippen molar-refractivity contribution in [3.63, 3.8) is 0 Å². The SMILES string of the molecule is C/C(=N\NC(=O)c1ccc(-n2c(C)ccc2C)cc1)c1ccc(F)cc1. The normalized spacial score (nSPS) is 11.5. The summed E-state index contributed by atoms with van der Waals surface area (Å²) in [5.74, 6) is -0.599. The number of nitrogens with zero attached hydrogens (tertiary/aromatic N) is 2. The topological polar surface area (TPSA) is 46.4 Å². The third-order valence-corrected chi connectivity index (χ3v) is 4.25. The molecule has 1 N–H and O–H groups in total. The van der Waals surface area contributed by atoms with Crippen molar-refractivity contribution in [1.29, 1.82) is 0 Å². The summed E-state index contributed by atoms with van der Waals surface area (Å²) in [7, 11) is 0. The van der Waals surface area contributed by atoms with Crippen LogP contribution >= 0.6 is 0 Å². The van der Waals surface area contributed by atoms with Crippen molar-refractivity contribution >= 4 is 11.6 Å². The third kappa shape index (κ3) is 3.72. The van der Waals surface area contributed by atoms with Crippen LogP contribution in [0.5, 0.6) is 0 Å². The predicted molar refractivity (Wildman–Crippen MR) is 101 cm³/mol. The van der Waals surface area contributed by atoms with Crippen molar-refractivity contribution in [3.8, 4) is 5.69 Å². The molecule has 3 rings (SSSR count). The average molecular weight is 349 g/mol. The molecule has 4 nitrogen and oxygen atoms in total. The molecule has 2 aromatic carbocycles. The Morgan fingerprint density at radius 2 is 1.42 bits per heavy atom. The van der Waals surface area contributed by atoms with Crippen molar-refractivity contribution in [2.24, 2.45) is 5.10 Å². The number of carbonyl (C=O) groups is 1. The third-order valence-electron chi connectivity index (χ3n) is 4.25. The lowest BCUT2D eigenvalue weighted by molar-refractivity contribution is 0.0955. The van der Waals surface area contributed by atoms with Crippen molar-refractivity contribution in [3.05, 3.63) is 89.0 Å². The predicted octanol–water partition coefficient (Wildman–Crippen LogP) is 4.39. The van der Waals surface area contributed by atoms with Crippen LogP contribution in [0.25, 0.3) is 5.69 Å². The van der Waals surface area contributed by atoms with Crippen LogP contribution in [-0.4, -0.2) is 16.2 Å². The van der Waals surface area contributed by atoms with Crippen LogP contribution in [0, 0.1) is 19.7 Å². The van der Waals surface area contributed by atoms with Crippen molar-refractivity contribution < 1.29 is 9.18 Å². The molecule has 0 saturated carbocycles. The van der Waals surface area contributed by atoms with E-state index in [2.05, 4.69) is 27.2 Å². The van der Waals surface area contributed by atoms with E-state index in [0.717, 1.165) is 22.6 Å². The summed E-state index contributed by atoms with van der Waals surface area (Å²) in [6.07, 6.45) is 0. The van der Waals surface area contributed by atoms with Crippen LogP contribution < -0.4 is 5.43 Å². The van der Waals surface area contributed by atoms with Gasteiger partial charge in [-0.25, -0.2) is 9.82 Å². The van der Waals surface area contributed by atoms with Gasteiger partial charge in [-0.05, 0) is 74.9 Å². The summed E-state index contributed by atoms with van der Waals surface area (Å²) in [4.78, 5) is 12.3. The van der Waals surface area contributed by atoms with Crippen LogP contribution in [-0.2, 0) is 0 Å². The number of hydrazone groups is 1. The molecule has 1 heterocycles. The molecule has 0 fully saturated rings. The van der Waals surface area contributed by atoms with E-state index in [1.54, 1.807) is 31.2 Å². The van der Waals surface area contributed by atoms with Gasteiger partial charge in [-0.2, -0.15) is 5.10 Å². The summed E-state index contributed by atoms with van der Waals surface area (Å²) >= 11 is 0. The number of nitrogens with one attached hydrogen (secondary N) is 1. The van der Waals surface area contributed by atoms with Crippen LogP contribution in [0.2, 0.25) is 0 Å². The number of rotatable bonds is 4. The first-order valence-corrected chi connectivity index (χ1v) is 8.31. The first-order valence-electron chi connectivity index (χ1n) is 8.31. The minimum Gasteiger partial charge on any atom is -0.319 e. The Hall–Kier alpha value is -3.21. The number of amides is 1. The minimum absolute atomic E-state index is 0.293. The van der Waals surface area contributed by atoms with Crippen LogP contribution in [0.15, 0.2) is 65.8 Å². The monoisotopic (exact) mass is 349 g/mol. The van der Waals surface area contributed by atoms with Crippen LogP contribution in [0.4, 0.5) is 4.39 Å². The zero-order valence-electron chi connectivity index (χ0n) is 15.0. The van der Waals surface area contributed by atoms with Gasteiger partial charge >= 0.3 is 0 Å². The summed E-state index contributed by atoms with van der Waals surface area (Å²) in [6, 6.07) is 17.4. The number of hydrogen-bond acceptors (Lipinski definition) is 2. The van der Waals surface area contributed by atoms with Crippen molar-refractivity contribution in [2.45, 2.75) is 20.8 Å². The van der Waals surface area contributed by atoms with Gasteiger partial charge < -0.3 is 4.57 Å². The molecule has 5 heteroatoms. The minimum atomic E-state index is -0.307. The van der Waals surface area contributed by atoms with Gasteiger partial charge in [-0.1, -0.05) is 12.1 Å². The lowest BCUT2D eigenvalue weighted by atomic mass is 10.1. The molecule has 0 atom stereocenters. The Balaban J connectivity index is 1.72. The lowest BCUT2D eigenvalue weighted by Gasteiger charge is -2.10.